The summed E-state index contributed by atoms with van der Waals surface area (Å²) >= 11 is 0. The first-order valence-corrected chi connectivity index (χ1v) is 6.10. The molecular weight excluding hydrogens is 212 g/mol. The van der Waals surface area contributed by atoms with Gasteiger partial charge >= 0.3 is 0 Å². The molecule has 0 aliphatic heterocycles. The normalized spacial score (nSPS) is 10.6. The Morgan fingerprint density at radius 1 is 1.18 bits per heavy atom. The average molecular weight is 234 g/mol. The van der Waals surface area contributed by atoms with E-state index in [0.29, 0.717) is 12.6 Å². The van der Waals surface area contributed by atoms with Crippen LogP contribution in [0.4, 0.5) is 0 Å². The van der Waals surface area contributed by atoms with Gasteiger partial charge in [-0.1, -0.05) is 32.0 Å². The minimum absolute atomic E-state index is 0.0196. The molecule has 0 saturated heterocycles. The van der Waals surface area contributed by atoms with Crippen molar-refractivity contribution in [3.8, 4) is 0 Å². The lowest BCUT2D eigenvalue weighted by atomic mass is 10.0. The van der Waals surface area contributed by atoms with E-state index >= 15 is 0 Å². The van der Waals surface area contributed by atoms with Crippen LogP contribution in [0, 0.1) is 13.8 Å². The third kappa shape index (κ3) is 4.19. The first kappa shape index (κ1) is 13.7. The van der Waals surface area contributed by atoms with Crippen molar-refractivity contribution in [1.82, 2.24) is 10.6 Å². The SMILES string of the molecule is Cc1cccc(C)c1C(=O)NCCNC(C)C. The second-order valence-corrected chi connectivity index (χ2v) is 4.63. The van der Waals surface area contributed by atoms with Crippen LogP contribution in [0.5, 0.6) is 0 Å². The Morgan fingerprint density at radius 2 is 1.76 bits per heavy atom. The smallest absolute Gasteiger partial charge is 0.251 e. The van der Waals surface area contributed by atoms with Gasteiger partial charge in [0.15, 0.2) is 0 Å². The molecule has 0 saturated carbocycles. The molecule has 0 bridgehead atoms. The Hall–Kier alpha value is -1.35. The number of benzene rings is 1. The van der Waals surface area contributed by atoms with Gasteiger partial charge in [0.25, 0.3) is 5.91 Å². The lowest BCUT2D eigenvalue weighted by molar-refractivity contribution is 0.0952. The summed E-state index contributed by atoms with van der Waals surface area (Å²) < 4.78 is 0. The maximum absolute atomic E-state index is 12.0. The number of rotatable bonds is 5. The highest BCUT2D eigenvalue weighted by atomic mass is 16.1. The van der Waals surface area contributed by atoms with E-state index in [0.717, 1.165) is 23.2 Å². The Bertz CT molecular complexity index is 366. The van der Waals surface area contributed by atoms with Crippen LogP contribution in [-0.4, -0.2) is 25.0 Å². The minimum atomic E-state index is 0.0196. The van der Waals surface area contributed by atoms with Gasteiger partial charge in [0, 0.05) is 24.7 Å². The van der Waals surface area contributed by atoms with Gasteiger partial charge in [-0.25, -0.2) is 0 Å². The largest absolute Gasteiger partial charge is 0.351 e. The fourth-order valence-electron chi connectivity index (χ4n) is 1.80. The summed E-state index contributed by atoms with van der Waals surface area (Å²) in [5.41, 5.74) is 2.86. The zero-order chi connectivity index (χ0) is 12.8. The van der Waals surface area contributed by atoms with Gasteiger partial charge < -0.3 is 10.6 Å². The van der Waals surface area contributed by atoms with Gasteiger partial charge in [0.2, 0.25) is 0 Å². The van der Waals surface area contributed by atoms with Crippen molar-refractivity contribution in [3.63, 3.8) is 0 Å². The Morgan fingerprint density at radius 3 is 2.29 bits per heavy atom. The number of carbonyl (C=O) groups excluding carboxylic acids is 1. The molecular formula is C14H22N2O. The van der Waals surface area contributed by atoms with E-state index in [9.17, 15) is 4.79 Å². The number of nitrogens with one attached hydrogen (secondary N) is 2. The summed E-state index contributed by atoms with van der Waals surface area (Å²) in [7, 11) is 0. The van der Waals surface area contributed by atoms with E-state index in [1.807, 2.05) is 32.0 Å². The summed E-state index contributed by atoms with van der Waals surface area (Å²) in [4.78, 5) is 12.0. The van der Waals surface area contributed by atoms with Gasteiger partial charge in [-0.3, -0.25) is 4.79 Å². The first-order valence-electron chi connectivity index (χ1n) is 6.10. The van der Waals surface area contributed by atoms with Gasteiger partial charge in [-0.2, -0.15) is 0 Å². The highest BCUT2D eigenvalue weighted by Gasteiger charge is 2.10. The van der Waals surface area contributed by atoms with E-state index in [2.05, 4.69) is 24.5 Å². The number of carbonyl (C=O) groups is 1. The van der Waals surface area contributed by atoms with Crippen LogP contribution in [-0.2, 0) is 0 Å². The molecule has 0 radical (unpaired) electrons. The predicted molar refractivity (Wildman–Crippen MR) is 71.4 cm³/mol. The zero-order valence-electron chi connectivity index (χ0n) is 11.1. The Labute approximate surface area is 104 Å². The third-order valence-corrected chi connectivity index (χ3v) is 2.67. The average Bonchev–Trinajstić information content (AvgIpc) is 2.24. The van der Waals surface area contributed by atoms with Crippen molar-refractivity contribution >= 4 is 5.91 Å². The summed E-state index contributed by atoms with van der Waals surface area (Å²) in [5, 5.41) is 6.20. The molecule has 0 spiro atoms. The number of hydrogen-bond acceptors (Lipinski definition) is 2. The van der Waals surface area contributed by atoms with Gasteiger partial charge in [0.05, 0.1) is 0 Å². The molecule has 0 unspecified atom stereocenters. The Kier molecular flexibility index (Phi) is 5.16. The van der Waals surface area contributed by atoms with E-state index in [4.69, 9.17) is 0 Å². The van der Waals surface area contributed by atoms with E-state index < -0.39 is 0 Å². The van der Waals surface area contributed by atoms with Crippen molar-refractivity contribution in [1.29, 1.82) is 0 Å². The summed E-state index contributed by atoms with van der Waals surface area (Å²) in [6.45, 7) is 9.57. The number of amides is 1. The third-order valence-electron chi connectivity index (χ3n) is 2.67. The van der Waals surface area contributed by atoms with Crippen molar-refractivity contribution in [2.24, 2.45) is 0 Å². The van der Waals surface area contributed by atoms with Crippen molar-refractivity contribution in [2.75, 3.05) is 13.1 Å². The molecule has 94 valence electrons. The lowest BCUT2D eigenvalue weighted by Gasteiger charge is -2.12. The van der Waals surface area contributed by atoms with E-state index in [-0.39, 0.29) is 5.91 Å². The maximum Gasteiger partial charge on any atom is 0.251 e. The lowest BCUT2D eigenvalue weighted by Crippen LogP contribution is -2.35. The number of hydrogen-bond donors (Lipinski definition) is 2. The highest BCUT2D eigenvalue weighted by Crippen LogP contribution is 2.12. The van der Waals surface area contributed by atoms with Crippen LogP contribution in [0.2, 0.25) is 0 Å². The monoisotopic (exact) mass is 234 g/mol. The van der Waals surface area contributed by atoms with Gasteiger partial charge in [0.1, 0.15) is 0 Å². The van der Waals surface area contributed by atoms with Crippen LogP contribution in [0.15, 0.2) is 18.2 Å². The topological polar surface area (TPSA) is 41.1 Å². The molecule has 0 atom stereocenters. The Balaban J connectivity index is 2.53. The molecule has 1 aromatic rings. The minimum Gasteiger partial charge on any atom is -0.351 e. The molecule has 0 aliphatic carbocycles. The fourth-order valence-corrected chi connectivity index (χ4v) is 1.80. The molecule has 0 fully saturated rings. The zero-order valence-corrected chi connectivity index (χ0v) is 11.1. The summed E-state index contributed by atoms with van der Waals surface area (Å²) in [6, 6.07) is 6.36. The fraction of sp³-hybridized carbons (Fsp3) is 0.500. The van der Waals surface area contributed by atoms with Crippen LogP contribution < -0.4 is 10.6 Å². The van der Waals surface area contributed by atoms with Crippen LogP contribution in [0.25, 0.3) is 0 Å². The van der Waals surface area contributed by atoms with Gasteiger partial charge in [-0.15, -0.1) is 0 Å². The van der Waals surface area contributed by atoms with E-state index in [1.165, 1.54) is 0 Å². The van der Waals surface area contributed by atoms with Crippen LogP contribution >= 0.6 is 0 Å². The molecule has 3 heteroatoms. The molecule has 2 N–H and O–H groups in total. The molecule has 0 aliphatic rings. The quantitative estimate of drug-likeness (QED) is 0.765. The maximum atomic E-state index is 12.0. The standard InChI is InChI=1S/C14H22N2O/c1-10(2)15-8-9-16-14(17)13-11(3)6-5-7-12(13)4/h5-7,10,15H,8-9H2,1-4H3,(H,16,17). The van der Waals surface area contributed by atoms with Crippen LogP contribution in [0.3, 0.4) is 0 Å². The van der Waals surface area contributed by atoms with E-state index in [1.54, 1.807) is 0 Å². The van der Waals surface area contributed by atoms with Gasteiger partial charge in [-0.05, 0) is 25.0 Å². The first-order chi connectivity index (χ1) is 8.02. The van der Waals surface area contributed by atoms with Crippen molar-refractivity contribution < 1.29 is 4.79 Å². The molecule has 0 aromatic heterocycles. The molecule has 1 aromatic carbocycles. The molecule has 3 nitrogen and oxygen atoms in total. The highest BCUT2D eigenvalue weighted by molar-refractivity contribution is 5.97. The summed E-state index contributed by atoms with van der Waals surface area (Å²) in [6.07, 6.45) is 0. The number of aryl methyl sites for hydroxylation is 2. The molecule has 0 heterocycles. The predicted octanol–water partition coefficient (Wildman–Crippen LogP) is 2.03. The second-order valence-electron chi connectivity index (χ2n) is 4.63. The summed E-state index contributed by atoms with van der Waals surface area (Å²) in [5.74, 6) is 0.0196. The molecule has 1 rings (SSSR count). The second kappa shape index (κ2) is 6.40. The molecule has 1 amide bonds. The van der Waals surface area contributed by atoms with Crippen LogP contribution in [0.1, 0.15) is 35.3 Å². The van der Waals surface area contributed by atoms with Crippen molar-refractivity contribution in [2.45, 2.75) is 33.7 Å². The molecule has 17 heavy (non-hydrogen) atoms. The van der Waals surface area contributed by atoms with Crippen molar-refractivity contribution in [3.05, 3.63) is 34.9 Å².